The maximum atomic E-state index is 8.77. The minimum absolute atomic E-state index is 0.0802. The van der Waals surface area contributed by atoms with Crippen molar-refractivity contribution in [1.82, 2.24) is 10.2 Å². The van der Waals surface area contributed by atoms with Crippen LogP contribution in [0.25, 0.3) is 0 Å². The zero-order valence-corrected chi connectivity index (χ0v) is 9.87. The Morgan fingerprint density at radius 1 is 1.65 bits per heavy atom. The molecule has 0 atom stereocenters. The van der Waals surface area contributed by atoms with Crippen LogP contribution in [0.2, 0.25) is 0 Å². The van der Waals surface area contributed by atoms with Gasteiger partial charge in [-0.25, -0.2) is 0 Å². The van der Waals surface area contributed by atoms with Crippen LogP contribution in [0.4, 0.5) is 5.82 Å². The molecule has 0 spiro atoms. The number of nitrogens with zero attached hydrogens (tertiary/aromatic N) is 4. The van der Waals surface area contributed by atoms with Gasteiger partial charge >= 0.3 is 0 Å². The van der Waals surface area contributed by atoms with E-state index in [0.29, 0.717) is 17.4 Å². The van der Waals surface area contributed by atoms with E-state index < -0.39 is 0 Å². The van der Waals surface area contributed by atoms with E-state index in [9.17, 15) is 0 Å². The quantitative estimate of drug-likeness (QED) is 0.343. The first-order valence-corrected chi connectivity index (χ1v) is 5.84. The Bertz CT molecular complexity index is 416. The van der Waals surface area contributed by atoms with Crippen molar-refractivity contribution in [2.45, 2.75) is 32.2 Å². The third-order valence-electron chi connectivity index (χ3n) is 2.81. The molecule has 1 aliphatic rings. The summed E-state index contributed by atoms with van der Waals surface area (Å²) in [6.07, 6.45) is 4.93. The molecule has 1 saturated carbocycles. The lowest BCUT2D eigenvalue weighted by Crippen LogP contribution is -2.30. The molecule has 0 radical (unpaired) electrons. The fourth-order valence-electron chi connectivity index (χ4n) is 1.88. The zero-order chi connectivity index (χ0) is 12.3. The molecule has 1 aromatic heterocycles. The molecule has 0 bridgehead atoms. The number of oxime groups is 1. The van der Waals surface area contributed by atoms with Crippen LogP contribution in [0.15, 0.2) is 17.4 Å². The Morgan fingerprint density at radius 3 is 3.00 bits per heavy atom. The van der Waals surface area contributed by atoms with Gasteiger partial charge in [-0.1, -0.05) is 12.1 Å². The van der Waals surface area contributed by atoms with Crippen molar-refractivity contribution in [3.05, 3.63) is 17.8 Å². The Balaban J connectivity index is 2.34. The lowest BCUT2D eigenvalue weighted by Gasteiger charge is -2.24. The molecular weight excluding hydrogens is 218 g/mol. The van der Waals surface area contributed by atoms with Gasteiger partial charge in [0.15, 0.2) is 11.7 Å². The Kier molecular flexibility index (Phi) is 3.41. The largest absolute Gasteiger partial charge is 0.409 e. The van der Waals surface area contributed by atoms with E-state index in [0.717, 1.165) is 13.0 Å². The second-order valence-electron chi connectivity index (χ2n) is 4.18. The number of hydrogen-bond acceptors (Lipinski definition) is 5. The van der Waals surface area contributed by atoms with Crippen LogP contribution in [0, 0.1) is 0 Å². The second-order valence-corrected chi connectivity index (χ2v) is 4.18. The minimum atomic E-state index is 0.0802. The molecule has 0 aliphatic heterocycles. The maximum Gasteiger partial charge on any atom is 0.173 e. The van der Waals surface area contributed by atoms with Gasteiger partial charge in [-0.05, 0) is 25.3 Å². The highest BCUT2D eigenvalue weighted by molar-refractivity contribution is 6.01. The molecule has 0 saturated heterocycles. The van der Waals surface area contributed by atoms with E-state index in [-0.39, 0.29) is 5.84 Å². The fraction of sp³-hybridized carbons (Fsp3) is 0.545. The van der Waals surface area contributed by atoms with Crippen LogP contribution >= 0.6 is 0 Å². The predicted molar refractivity (Wildman–Crippen MR) is 65.2 cm³/mol. The average Bonchev–Trinajstić information content (AvgIpc) is 3.19. The van der Waals surface area contributed by atoms with Crippen molar-refractivity contribution < 1.29 is 5.21 Å². The highest BCUT2D eigenvalue weighted by Gasteiger charge is 2.31. The van der Waals surface area contributed by atoms with Gasteiger partial charge in [-0.3, -0.25) is 0 Å². The van der Waals surface area contributed by atoms with Crippen LogP contribution in [-0.2, 0) is 0 Å². The summed E-state index contributed by atoms with van der Waals surface area (Å²) in [6, 6.07) is 2.25. The van der Waals surface area contributed by atoms with E-state index in [1.807, 2.05) is 0 Å². The summed E-state index contributed by atoms with van der Waals surface area (Å²) >= 11 is 0. The first kappa shape index (κ1) is 11.6. The predicted octanol–water partition coefficient (Wildman–Crippen LogP) is 0.950. The molecule has 0 amide bonds. The lowest BCUT2D eigenvalue weighted by atomic mass is 10.2. The highest BCUT2D eigenvalue weighted by Crippen LogP contribution is 2.31. The van der Waals surface area contributed by atoms with Crippen LogP contribution in [-0.4, -0.2) is 33.8 Å². The summed E-state index contributed by atoms with van der Waals surface area (Å²) in [5, 5.41) is 19.8. The summed E-state index contributed by atoms with van der Waals surface area (Å²) in [7, 11) is 0. The monoisotopic (exact) mass is 235 g/mol. The summed E-state index contributed by atoms with van der Waals surface area (Å²) < 4.78 is 0. The van der Waals surface area contributed by atoms with E-state index in [4.69, 9.17) is 10.9 Å². The van der Waals surface area contributed by atoms with Gasteiger partial charge in [0.1, 0.15) is 0 Å². The molecule has 0 unspecified atom stereocenters. The van der Waals surface area contributed by atoms with Crippen LogP contribution in [0.1, 0.15) is 31.7 Å². The van der Waals surface area contributed by atoms with Crippen molar-refractivity contribution in [3.63, 3.8) is 0 Å². The molecule has 2 rings (SSSR count). The van der Waals surface area contributed by atoms with Crippen molar-refractivity contribution in [2.24, 2.45) is 10.9 Å². The smallest absolute Gasteiger partial charge is 0.173 e. The number of aromatic nitrogens is 2. The minimum Gasteiger partial charge on any atom is -0.409 e. The molecule has 3 N–H and O–H groups in total. The Hall–Kier alpha value is -1.85. The first-order chi connectivity index (χ1) is 8.27. The van der Waals surface area contributed by atoms with Crippen LogP contribution < -0.4 is 10.6 Å². The van der Waals surface area contributed by atoms with Gasteiger partial charge in [0, 0.05) is 12.6 Å². The normalized spacial score (nSPS) is 15.9. The Morgan fingerprint density at radius 2 is 2.41 bits per heavy atom. The number of amidine groups is 1. The SMILES string of the molecule is CCCN(c1nnccc1/C(N)=N/O)C1CC1. The molecule has 1 heterocycles. The lowest BCUT2D eigenvalue weighted by molar-refractivity contribution is 0.318. The average molecular weight is 235 g/mol. The standard InChI is InChI=1S/C11H17N5O/c1-2-7-16(8-3-4-8)11-9(10(12)15-17)5-6-13-14-11/h5-6,8,17H,2-4,7H2,1H3,(H2,12,15). The number of anilines is 1. The van der Waals surface area contributed by atoms with E-state index in [1.165, 1.54) is 12.8 Å². The number of rotatable bonds is 5. The van der Waals surface area contributed by atoms with Crippen LogP contribution in [0.3, 0.4) is 0 Å². The van der Waals surface area contributed by atoms with E-state index >= 15 is 0 Å². The summed E-state index contributed by atoms with van der Waals surface area (Å²) in [5.41, 5.74) is 6.30. The van der Waals surface area contributed by atoms with Crippen molar-refractivity contribution in [1.29, 1.82) is 0 Å². The third-order valence-corrected chi connectivity index (χ3v) is 2.81. The number of hydrogen-bond donors (Lipinski definition) is 2. The maximum absolute atomic E-state index is 8.77. The van der Waals surface area contributed by atoms with Crippen LogP contribution in [0.5, 0.6) is 0 Å². The Labute approximate surface area is 100 Å². The van der Waals surface area contributed by atoms with Gasteiger partial charge < -0.3 is 15.8 Å². The topological polar surface area (TPSA) is 87.6 Å². The summed E-state index contributed by atoms with van der Waals surface area (Å²) in [5.74, 6) is 0.795. The van der Waals surface area contributed by atoms with Gasteiger partial charge in [0.05, 0.1) is 11.8 Å². The van der Waals surface area contributed by atoms with Gasteiger partial charge in [-0.15, -0.1) is 5.10 Å². The second kappa shape index (κ2) is 4.99. The summed E-state index contributed by atoms with van der Waals surface area (Å²) in [6.45, 7) is 3.03. The van der Waals surface area contributed by atoms with Crippen molar-refractivity contribution >= 4 is 11.7 Å². The molecule has 1 aliphatic carbocycles. The van der Waals surface area contributed by atoms with Gasteiger partial charge in [0.25, 0.3) is 0 Å². The molecule has 0 aromatic carbocycles. The molecule has 6 heteroatoms. The molecular formula is C11H17N5O. The number of nitrogens with two attached hydrogens (primary N) is 1. The highest BCUT2D eigenvalue weighted by atomic mass is 16.4. The third kappa shape index (κ3) is 2.46. The molecule has 1 fully saturated rings. The fourth-order valence-corrected chi connectivity index (χ4v) is 1.88. The molecule has 92 valence electrons. The van der Waals surface area contributed by atoms with Crippen molar-refractivity contribution in [3.8, 4) is 0 Å². The van der Waals surface area contributed by atoms with Crippen molar-refractivity contribution in [2.75, 3.05) is 11.4 Å². The van der Waals surface area contributed by atoms with Gasteiger partial charge in [-0.2, -0.15) is 5.10 Å². The van der Waals surface area contributed by atoms with Gasteiger partial charge in [0.2, 0.25) is 0 Å². The summed E-state index contributed by atoms with van der Waals surface area (Å²) in [4.78, 5) is 2.19. The zero-order valence-electron chi connectivity index (χ0n) is 9.87. The van der Waals surface area contributed by atoms with E-state index in [1.54, 1.807) is 12.3 Å². The molecule has 1 aromatic rings. The van der Waals surface area contributed by atoms with E-state index in [2.05, 4.69) is 27.2 Å². The molecule has 6 nitrogen and oxygen atoms in total. The first-order valence-electron chi connectivity index (χ1n) is 5.84. The molecule has 17 heavy (non-hydrogen) atoms.